The first-order valence-corrected chi connectivity index (χ1v) is 11.2. The minimum Gasteiger partial charge on any atom is -0.464 e. The van der Waals surface area contributed by atoms with Crippen LogP contribution in [0, 0.1) is 12.8 Å². The number of hydrogen-bond acceptors (Lipinski definition) is 4. The van der Waals surface area contributed by atoms with Gasteiger partial charge >= 0.3 is 5.97 Å². The second-order valence-electron chi connectivity index (χ2n) is 8.47. The topological polar surface area (TPSA) is 64.2 Å². The number of rotatable bonds is 12. The van der Waals surface area contributed by atoms with E-state index < -0.39 is 6.04 Å². The monoisotopic (exact) mass is 429 g/mol. The molecule has 1 N–H and O–H groups in total. The van der Waals surface area contributed by atoms with Crippen LogP contribution in [0.1, 0.15) is 44.8 Å². The van der Waals surface area contributed by atoms with Crippen molar-refractivity contribution in [2.24, 2.45) is 5.92 Å². The molecule has 0 radical (unpaired) electrons. The zero-order valence-corrected chi connectivity index (χ0v) is 19.5. The fourth-order valence-corrected chi connectivity index (χ4v) is 3.63. The molecular weight excluding hydrogens is 392 g/mol. The number of esters is 1. The van der Waals surface area contributed by atoms with Gasteiger partial charge < -0.3 is 19.0 Å². The van der Waals surface area contributed by atoms with E-state index in [2.05, 4.69) is 26.0 Å². The summed E-state index contributed by atoms with van der Waals surface area (Å²) in [6.07, 6.45) is 0.763. The Hall–Kier alpha value is -2.60. The summed E-state index contributed by atoms with van der Waals surface area (Å²) in [7, 11) is 0. The molecule has 0 fully saturated rings. The minimum atomic E-state index is -0.395. The van der Waals surface area contributed by atoms with Gasteiger partial charge in [0.25, 0.3) is 5.91 Å². The van der Waals surface area contributed by atoms with E-state index in [4.69, 9.17) is 9.15 Å². The lowest BCUT2D eigenvalue weighted by atomic mass is 10.1. The molecule has 1 amide bonds. The molecular formula is C25H37N2O4+. The summed E-state index contributed by atoms with van der Waals surface area (Å²) in [6.45, 7) is 12.0. The van der Waals surface area contributed by atoms with E-state index in [1.165, 1.54) is 5.56 Å². The molecule has 0 aliphatic heterocycles. The smallest absolute Gasteiger partial charge is 0.364 e. The normalized spacial score (nSPS) is 13.1. The molecule has 0 spiro atoms. The van der Waals surface area contributed by atoms with Gasteiger partial charge in [-0.1, -0.05) is 44.2 Å². The fourth-order valence-electron chi connectivity index (χ4n) is 3.63. The van der Waals surface area contributed by atoms with E-state index in [1.54, 1.807) is 6.92 Å². The van der Waals surface area contributed by atoms with Gasteiger partial charge in [0.15, 0.2) is 12.6 Å². The third-order valence-electron chi connectivity index (χ3n) is 5.31. The lowest BCUT2D eigenvalue weighted by Crippen LogP contribution is -3.18. The number of ether oxygens (including phenoxy) is 1. The number of hydrogen-bond donors (Lipinski definition) is 1. The predicted octanol–water partition coefficient (Wildman–Crippen LogP) is 2.65. The second-order valence-corrected chi connectivity index (χ2v) is 8.47. The van der Waals surface area contributed by atoms with E-state index in [9.17, 15) is 9.59 Å². The molecule has 1 heterocycles. The molecule has 0 aliphatic rings. The molecule has 1 unspecified atom stereocenters. The Kier molecular flexibility index (Phi) is 9.79. The van der Waals surface area contributed by atoms with Crippen LogP contribution in [0.3, 0.4) is 0 Å². The summed E-state index contributed by atoms with van der Waals surface area (Å²) < 4.78 is 10.9. The zero-order chi connectivity index (χ0) is 22.8. The van der Waals surface area contributed by atoms with E-state index in [0.29, 0.717) is 25.6 Å². The Morgan fingerprint density at radius 2 is 1.81 bits per heavy atom. The Bertz CT molecular complexity index is 816. The number of furan rings is 1. The molecule has 6 nitrogen and oxygen atoms in total. The number of nitrogens with zero attached hydrogens (tertiary/aromatic N) is 1. The van der Waals surface area contributed by atoms with Gasteiger partial charge in [0, 0.05) is 12.5 Å². The molecule has 6 heteroatoms. The summed E-state index contributed by atoms with van der Waals surface area (Å²) in [5.41, 5.74) is 1.18. The number of nitrogens with one attached hydrogen (secondary N) is 1. The van der Waals surface area contributed by atoms with Crippen LogP contribution in [-0.2, 0) is 27.3 Å². The average Bonchev–Trinajstić information content (AvgIpc) is 3.15. The maximum Gasteiger partial charge on any atom is 0.364 e. The highest BCUT2D eigenvalue weighted by atomic mass is 16.5. The highest BCUT2D eigenvalue weighted by molar-refractivity contribution is 5.78. The number of amides is 1. The van der Waals surface area contributed by atoms with Crippen molar-refractivity contribution in [2.45, 2.75) is 53.6 Å². The molecule has 1 aromatic heterocycles. The van der Waals surface area contributed by atoms with Gasteiger partial charge in [0.1, 0.15) is 11.5 Å². The SMILES string of the molecule is CCOC(=O)[C@@H](C)[NH+](CC(=O)N(CCc1ccccc1)Cc1ccc(C)o1)CC(C)C. The van der Waals surface area contributed by atoms with Crippen molar-refractivity contribution in [3.63, 3.8) is 0 Å². The Morgan fingerprint density at radius 3 is 2.39 bits per heavy atom. The van der Waals surface area contributed by atoms with Crippen molar-refractivity contribution in [2.75, 3.05) is 26.2 Å². The first-order chi connectivity index (χ1) is 14.8. The summed E-state index contributed by atoms with van der Waals surface area (Å²) >= 11 is 0. The van der Waals surface area contributed by atoms with Crippen LogP contribution in [0.15, 0.2) is 46.9 Å². The summed E-state index contributed by atoms with van der Waals surface area (Å²) in [4.78, 5) is 28.5. The van der Waals surface area contributed by atoms with Gasteiger partial charge in [-0.15, -0.1) is 0 Å². The third kappa shape index (κ3) is 8.21. The molecule has 0 saturated carbocycles. The summed E-state index contributed by atoms with van der Waals surface area (Å²) in [6, 6.07) is 13.6. The standard InChI is InChI=1S/C25H36N2O4/c1-6-30-25(29)21(5)27(16-19(2)3)18-24(28)26(17-23-13-12-20(4)31-23)15-14-22-10-8-7-9-11-22/h7-13,19,21H,6,14-18H2,1-5H3/p+1/t21-/m1/s1. The first-order valence-electron chi connectivity index (χ1n) is 11.2. The van der Waals surface area contributed by atoms with E-state index >= 15 is 0 Å². The molecule has 0 saturated heterocycles. The van der Waals surface area contributed by atoms with Crippen molar-refractivity contribution in [3.8, 4) is 0 Å². The lowest BCUT2D eigenvalue weighted by molar-refractivity contribution is -0.910. The number of quaternary nitrogens is 1. The molecule has 0 bridgehead atoms. The highest BCUT2D eigenvalue weighted by Gasteiger charge is 2.31. The van der Waals surface area contributed by atoms with Gasteiger partial charge in [-0.2, -0.15) is 0 Å². The van der Waals surface area contributed by atoms with Crippen molar-refractivity contribution >= 4 is 11.9 Å². The van der Waals surface area contributed by atoms with Gasteiger partial charge in [0.05, 0.1) is 19.7 Å². The Balaban J connectivity index is 2.14. The van der Waals surface area contributed by atoms with Crippen LogP contribution >= 0.6 is 0 Å². The van der Waals surface area contributed by atoms with Crippen LogP contribution in [0.2, 0.25) is 0 Å². The largest absolute Gasteiger partial charge is 0.464 e. The van der Waals surface area contributed by atoms with Crippen LogP contribution < -0.4 is 4.90 Å². The van der Waals surface area contributed by atoms with Crippen LogP contribution in [0.25, 0.3) is 0 Å². The number of aryl methyl sites for hydroxylation is 1. The van der Waals surface area contributed by atoms with Gasteiger partial charge in [-0.05, 0) is 44.9 Å². The molecule has 170 valence electrons. The lowest BCUT2D eigenvalue weighted by Gasteiger charge is -2.29. The van der Waals surface area contributed by atoms with E-state index in [1.807, 2.05) is 49.1 Å². The van der Waals surface area contributed by atoms with Crippen molar-refractivity contribution < 1.29 is 23.6 Å². The van der Waals surface area contributed by atoms with Gasteiger partial charge in [-0.25, -0.2) is 4.79 Å². The van der Waals surface area contributed by atoms with Crippen molar-refractivity contribution in [1.29, 1.82) is 0 Å². The van der Waals surface area contributed by atoms with Crippen LogP contribution in [-0.4, -0.2) is 49.1 Å². The van der Waals surface area contributed by atoms with Crippen LogP contribution in [0.4, 0.5) is 0 Å². The molecule has 0 aliphatic carbocycles. The predicted molar refractivity (Wildman–Crippen MR) is 121 cm³/mol. The minimum absolute atomic E-state index is 0.0109. The molecule has 31 heavy (non-hydrogen) atoms. The number of benzene rings is 1. The van der Waals surface area contributed by atoms with E-state index in [-0.39, 0.29) is 18.4 Å². The van der Waals surface area contributed by atoms with Gasteiger partial charge in [-0.3, -0.25) is 4.79 Å². The summed E-state index contributed by atoms with van der Waals surface area (Å²) in [5.74, 6) is 1.70. The molecule has 1 aromatic carbocycles. The number of carbonyl (C=O) groups is 2. The third-order valence-corrected chi connectivity index (χ3v) is 5.31. The number of carbonyl (C=O) groups excluding carboxylic acids is 2. The Labute approximate surface area is 186 Å². The zero-order valence-electron chi connectivity index (χ0n) is 19.5. The molecule has 2 atom stereocenters. The average molecular weight is 430 g/mol. The van der Waals surface area contributed by atoms with Crippen molar-refractivity contribution in [3.05, 3.63) is 59.5 Å². The quantitative estimate of drug-likeness (QED) is 0.527. The van der Waals surface area contributed by atoms with Crippen molar-refractivity contribution in [1.82, 2.24) is 4.90 Å². The Morgan fingerprint density at radius 1 is 1.10 bits per heavy atom. The first kappa shape index (κ1) is 24.7. The van der Waals surface area contributed by atoms with E-state index in [0.717, 1.165) is 29.4 Å². The summed E-state index contributed by atoms with van der Waals surface area (Å²) in [5, 5.41) is 0. The van der Waals surface area contributed by atoms with Crippen LogP contribution in [0.5, 0.6) is 0 Å². The second kappa shape index (κ2) is 12.3. The molecule has 2 aromatic rings. The maximum atomic E-state index is 13.4. The maximum absolute atomic E-state index is 13.4. The fraction of sp³-hybridized carbons (Fsp3) is 0.520. The molecule has 2 rings (SSSR count). The highest BCUT2D eigenvalue weighted by Crippen LogP contribution is 2.11. The van der Waals surface area contributed by atoms with Gasteiger partial charge in [0.2, 0.25) is 0 Å².